The number of anilines is 1. The van der Waals surface area contributed by atoms with Crippen LogP contribution in [0.25, 0.3) is 11.4 Å². The molecule has 0 aromatic carbocycles. The maximum Gasteiger partial charge on any atom is 0.230 e. The van der Waals surface area contributed by atoms with Crippen LogP contribution in [0.4, 0.5) is 5.95 Å². The minimum atomic E-state index is 0.0523. The van der Waals surface area contributed by atoms with Crippen molar-refractivity contribution in [2.75, 3.05) is 31.1 Å². The molecule has 2 N–H and O–H groups in total. The first-order chi connectivity index (χ1) is 12.3. The fraction of sp³-hybridized carbons (Fsp3) is 0.312. The lowest BCUT2D eigenvalue weighted by molar-refractivity contribution is -0.130. The summed E-state index contributed by atoms with van der Waals surface area (Å²) in [5.74, 6) is 2.05. The van der Waals surface area contributed by atoms with Crippen LogP contribution in [0.1, 0.15) is 5.82 Å². The molecule has 0 unspecified atom stereocenters. The topological polar surface area (TPSA) is 107 Å². The number of hydrogen-bond donors (Lipinski definition) is 2. The molecule has 4 heterocycles. The van der Waals surface area contributed by atoms with Crippen LogP contribution in [0.5, 0.6) is 0 Å². The monoisotopic (exact) mass is 338 g/mol. The highest BCUT2D eigenvalue weighted by atomic mass is 16.2. The van der Waals surface area contributed by atoms with Gasteiger partial charge in [-0.25, -0.2) is 9.97 Å². The number of piperazine rings is 1. The second-order valence-corrected chi connectivity index (χ2v) is 5.80. The van der Waals surface area contributed by atoms with Gasteiger partial charge in [0.2, 0.25) is 11.9 Å². The van der Waals surface area contributed by atoms with Crippen molar-refractivity contribution in [2.45, 2.75) is 6.42 Å². The molecule has 0 bridgehead atoms. The summed E-state index contributed by atoms with van der Waals surface area (Å²) in [6.07, 6.45) is 7.14. The predicted octanol–water partition coefficient (Wildman–Crippen LogP) is 0.481. The average molecular weight is 338 g/mol. The summed E-state index contributed by atoms with van der Waals surface area (Å²) >= 11 is 0. The normalized spacial score (nSPS) is 14.7. The molecule has 128 valence electrons. The number of nitrogens with one attached hydrogen (secondary N) is 2. The molecule has 0 spiro atoms. The average Bonchev–Trinajstić information content (AvgIpc) is 3.35. The Kier molecular flexibility index (Phi) is 4.11. The summed E-state index contributed by atoms with van der Waals surface area (Å²) in [7, 11) is 0. The molecule has 9 nitrogen and oxygen atoms in total. The zero-order valence-electron chi connectivity index (χ0n) is 13.6. The Balaban J connectivity index is 1.34. The molecular weight excluding hydrogens is 320 g/mol. The maximum absolute atomic E-state index is 12.5. The van der Waals surface area contributed by atoms with Gasteiger partial charge >= 0.3 is 0 Å². The second-order valence-electron chi connectivity index (χ2n) is 5.80. The van der Waals surface area contributed by atoms with Gasteiger partial charge in [0.05, 0.1) is 6.42 Å². The Morgan fingerprint density at radius 3 is 2.64 bits per heavy atom. The SMILES string of the molecule is O=C(Cc1nc(-c2ccncc2)n[nH]1)N1CCN(c2ncc[nH]2)CC1. The van der Waals surface area contributed by atoms with Gasteiger partial charge in [0.25, 0.3) is 0 Å². The van der Waals surface area contributed by atoms with E-state index in [0.29, 0.717) is 24.7 Å². The van der Waals surface area contributed by atoms with Crippen molar-refractivity contribution >= 4 is 11.9 Å². The van der Waals surface area contributed by atoms with E-state index in [9.17, 15) is 4.79 Å². The summed E-state index contributed by atoms with van der Waals surface area (Å²) < 4.78 is 0. The van der Waals surface area contributed by atoms with Gasteiger partial charge < -0.3 is 14.8 Å². The van der Waals surface area contributed by atoms with Crippen LogP contribution in [-0.2, 0) is 11.2 Å². The number of rotatable bonds is 4. The molecule has 1 amide bonds. The van der Waals surface area contributed by atoms with Crippen LogP contribution in [0.3, 0.4) is 0 Å². The number of H-pyrrole nitrogens is 2. The number of amides is 1. The summed E-state index contributed by atoms with van der Waals surface area (Å²) in [6.45, 7) is 2.87. The molecule has 4 rings (SSSR count). The number of aromatic amines is 2. The van der Waals surface area contributed by atoms with E-state index < -0.39 is 0 Å². The van der Waals surface area contributed by atoms with Gasteiger partial charge in [-0.2, -0.15) is 5.10 Å². The van der Waals surface area contributed by atoms with E-state index in [1.54, 1.807) is 24.8 Å². The lowest BCUT2D eigenvalue weighted by Crippen LogP contribution is -2.49. The molecule has 0 saturated carbocycles. The first-order valence-corrected chi connectivity index (χ1v) is 8.13. The van der Waals surface area contributed by atoms with Gasteiger partial charge in [-0.1, -0.05) is 0 Å². The number of pyridine rings is 1. The molecule has 1 aliphatic rings. The third-order valence-corrected chi connectivity index (χ3v) is 4.20. The van der Waals surface area contributed by atoms with E-state index in [2.05, 4.69) is 35.0 Å². The van der Waals surface area contributed by atoms with Gasteiger partial charge in [0, 0.05) is 56.5 Å². The molecule has 1 aliphatic heterocycles. The van der Waals surface area contributed by atoms with E-state index in [-0.39, 0.29) is 12.3 Å². The Morgan fingerprint density at radius 1 is 1.12 bits per heavy atom. The molecule has 0 aliphatic carbocycles. The number of nitrogens with zero attached hydrogens (tertiary/aromatic N) is 6. The summed E-state index contributed by atoms with van der Waals surface area (Å²) in [4.78, 5) is 32.2. The summed E-state index contributed by atoms with van der Waals surface area (Å²) in [6, 6.07) is 3.67. The molecule has 3 aromatic rings. The number of hydrogen-bond acceptors (Lipinski definition) is 6. The van der Waals surface area contributed by atoms with Gasteiger partial charge in [-0.15, -0.1) is 0 Å². The number of carbonyl (C=O) groups is 1. The minimum absolute atomic E-state index is 0.0523. The van der Waals surface area contributed by atoms with E-state index >= 15 is 0 Å². The zero-order valence-corrected chi connectivity index (χ0v) is 13.6. The zero-order chi connectivity index (χ0) is 17.1. The standard InChI is InChI=1S/C16H18N8O/c25-14(23-7-9-24(10-8-23)16-18-5-6-19-16)11-13-20-15(22-21-13)12-1-3-17-4-2-12/h1-6H,7-11H2,(H,18,19)(H,20,21,22). The molecule has 1 fully saturated rings. The highest BCUT2D eigenvalue weighted by Crippen LogP contribution is 2.14. The fourth-order valence-corrected chi connectivity index (χ4v) is 2.86. The third kappa shape index (κ3) is 3.35. The van der Waals surface area contributed by atoms with Crippen LogP contribution in [0.2, 0.25) is 0 Å². The summed E-state index contributed by atoms with van der Waals surface area (Å²) in [5, 5.41) is 7.03. The Labute approximate surface area is 144 Å². The van der Waals surface area contributed by atoms with Crippen molar-refractivity contribution in [3.63, 3.8) is 0 Å². The number of imidazole rings is 1. The number of aromatic nitrogens is 6. The third-order valence-electron chi connectivity index (χ3n) is 4.20. The van der Waals surface area contributed by atoms with Crippen molar-refractivity contribution in [3.05, 3.63) is 42.7 Å². The summed E-state index contributed by atoms with van der Waals surface area (Å²) in [5.41, 5.74) is 0.872. The first kappa shape index (κ1) is 15.3. The molecule has 1 saturated heterocycles. The van der Waals surface area contributed by atoms with Crippen molar-refractivity contribution in [1.82, 2.24) is 35.0 Å². The lowest BCUT2D eigenvalue weighted by Gasteiger charge is -2.34. The van der Waals surface area contributed by atoms with Gasteiger partial charge in [0.15, 0.2) is 5.82 Å². The molecule has 9 heteroatoms. The fourth-order valence-electron chi connectivity index (χ4n) is 2.86. The highest BCUT2D eigenvalue weighted by molar-refractivity contribution is 5.78. The Bertz CT molecular complexity index is 821. The van der Waals surface area contributed by atoms with Gasteiger partial charge in [0.1, 0.15) is 5.82 Å². The molecule has 0 radical (unpaired) electrons. The van der Waals surface area contributed by atoms with Crippen molar-refractivity contribution in [3.8, 4) is 11.4 Å². The van der Waals surface area contributed by atoms with E-state index in [1.165, 1.54) is 0 Å². The molecule has 0 atom stereocenters. The first-order valence-electron chi connectivity index (χ1n) is 8.13. The molecule has 3 aromatic heterocycles. The predicted molar refractivity (Wildman–Crippen MR) is 90.7 cm³/mol. The molecule has 25 heavy (non-hydrogen) atoms. The smallest absolute Gasteiger partial charge is 0.230 e. The van der Waals surface area contributed by atoms with Crippen LogP contribution in [-0.4, -0.2) is 67.1 Å². The quantitative estimate of drug-likeness (QED) is 0.717. The van der Waals surface area contributed by atoms with Gasteiger partial charge in [-0.05, 0) is 12.1 Å². The van der Waals surface area contributed by atoms with E-state index in [0.717, 1.165) is 24.6 Å². The Hall–Kier alpha value is -3.23. The Morgan fingerprint density at radius 2 is 1.92 bits per heavy atom. The highest BCUT2D eigenvalue weighted by Gasteiger charge is 2.23. The van der Waals surface area contributed by atoms with Crippen molar-refractivity contribution < 1.29 is 4.79 Å². The van der Waals surface area contributed by atoms with Crippen LogP contribution < -0.4 is 4.90 Å². The van der Waals surface area contributed by atoms with Crippen LogP contribution in [0, 0.1) is 0 Å². The number of carbonyl (C=O) groups excluding carboxylic acids is 1. The maximum atomic E-state index is 12.5. The van der Waals surface area contributed by atoms with Crippen molar-refractivity contribution in [1.29, 1.82) is 0 Å². The van der Waals surface area contributed by atoms with Crippen molar-refractivity contribution in [2.24, 2.45) is 0 Å². The van der Waals surface area contributed by atoms with E-state index in [4.69, 9.17) is 0 Å². The van der Waals surface area contributed by atoms with E-state index in [1.807, 2.05) is 17.0 Å². The lowest BCUT2D eigenvalue weighted by atomic mass is 10.2. The van der Waals surface area contributed by atoms with Crippen LogP contribution in [0.15, 0.2) is 36.9 Å². The van der Waals surface area contributed by atoms with Crippen LogP contribution >= 0.6 is 0 Å². The molecular formula is C16H18N8O. The largest absolute Gasteiger partial charge is 0.339 e. The minimum Gasteiger partial charge on any atom is -0.339 e. The second kappa shape index (κ2) is 6.71. The van der Waals surface area contributed by atoms with Gasteiger partial charge in [-0.3, -0.25) is 14.9 Å².